The second-order valence-electron chi connectivity index (χ2n) is 5.99. The van der Waals surface area contributed by atoms with Crippen LogP contribution in [0.1, 0.15) is 27.3 Å². The third kappa shape index (κ3) is 4.26. The van der Waals surface area contributed by atoms with E-state index in [2.05, 4.69) is 15.5 Å². The third-order valence-electron chi connectivity index (χ3n) is 4.05. The van der Waals surface area contributed by atoms with Crippen LogP contribution in [0.15, 0.2) is 47.6 Å². The molecule has 0 unspecified atom stereocenters. The van der Waals surface area contributed by atoms with Crippen LogP contribution < -0.4 is 5.32 Å². The first kappa shape index (κ1) is 18.5. The second kappa shape index (κ2) is 7.93. The molecule has 0 radical (unpaired) electrons. The summed E-state index contributed by atoms with van der Waals surface area (Å²) < 4.78 is 1.96. The van der Waals surface area contributed by atoms with E-state index in [9.17, 15) is 4.79 Å². The van der Waals surface area contributed by atoms with E-state index in [1.807, 2.05) is 55.8 Å². The number of aryl methyl sites for hydroxylation is 2. The number of anilines is 1. The fourth-order valence-corrected chi connectivity index (χ4v) is 3.37. The van der Waals surface area contributed by atoms with Crippen LogP contribution in [0.25, 0.3) is 0 Å². The van der Waals surface area contributed by atoms with E-state index >= 15 is 0 Å². The number of thioether (sulfide) groups is 1. The molecule has 0 saturated carbocycles. The molecule has 0 aliphatic rings. The first-order chi connectivity index (χ1) is 12.4. The number of hydrogen-bond acceptors (Lipinski definition) is 4. The molecule has 0 spiro atoms. The Morgan fingerprint density at radius 3 is 2.50 bits per heavy atom. The molecule has 0 aliphatic carbocycles. The third-order valence-corrected chi connectivity index (χ3v) is 5.57. The first-order valence-electron chi connectivity index (χ1n) is 8.09. The van der Waals surface area contributed by atoms with Gasteiger partial charge in [-0.3, -0.25) is 4.79 Å². The van der Waals surface area contributed by atoms with Gasteiger partial charge in [0, 0.05) is 29.1 Å². The summed E-state index contributed by atoms with van der Waals surface area (Å²) in [5, 5.41) is 12.6. The lowest BCUT2D eigenvalue weighted by atomic mass is 10.1. The van der Waals surface area contributed by atoms with Crippen molar-refractivity contribution in [3.8, 4) is 0 Å². The smallest absolute Gasteiger partial charge is 0.255 e. The Bertz CT molecular complexity index is 937. The highest BCUT2D eigenvalue weighted by Crippen LogP contribution is 2.22. The molecule has 1 N–H and O–H groups in total. The number of carbonyl (C=O) groups excluding carboxylic acids is 1. The lowest BCUT2D eigenvalue weighted by Crippen LogP contribution is -2.11. The molecule has 3 aromatic rings. The summed E-state index contributed by atoms with van der Waals surface area (Å²) in [6.07, 6.45) is 0. The molecule has 0 fully saturated rings. The maximum atomic E-state index is 12.4. The van der Waals surface area contributed by atoms with Gasteiger partial charge in [0.2, 0.25) is 0 Å². The molecule has 0 bridgehead atoms. The number of nitrogens with zero attached hydrogens (tertiary/aromatic N) is 3. The molecular weight excluding hydrogens is 368 g/mol. The van der Waals surface area contributed by atoms with E-state index in [1.165, 1.54) is 0 Å². The van der Waals surface area contributed by atoms with Crippen LogP contribution in [0, 0.1) is 13.8 Å². The number of benzene rings is 2. The van der Waals surface area contributed by atoms with Crippen molar-refractivity contribution in [2.75, 3.05) is 5.32 Å². The normalized spacial score (nSPS) is 10.8. The van der Waals surface area contributed by atoms with Crippen molar-refractivity contribution in [3.05, 3.63) is 70.0 Å². The number of aromatic nitrogens is 3. The Labute approximate surface area is 161 Å². The average Bonchev–Trinajstić information content (AvgIpc) is 2.95. The van der Waals surface area contributed by atoms with Gasteiger partial charge in [-0.1, -0.05) is 35.5 Å². The van der Waals surface area contributed by atoms with Gasteiger partial charge in [0.05, 0.1) is 0 Å². The standard InChI is InChI=1S/C19H19ClN4OS/c1-12-10-16(8-9-17(12)20)21-18(25)15-6-4-14(5-7-15)11-26-19-23-22-13(2)24(19)3/h4-10H,11H2,1-3H3,(H,21,25). The van der Waals surface area contributed by atoms with Crippen molar-refractivity contribution in [2.45, 2.75) is 24.8 Å². The monoisotopic (exact) mass is 386 g/mol. The van der Waals surface area contributed by atoms with Crippen LogP contribution in [-0.4, -0.2) is 20.7 Å². The van der Waals surface area contributed by atoms with Crippen molar-refractivity contribution in [2.24, 2.45) is 7.05 Å². The molecule has 0 atom stereocenters. The first-order valence-corrected chi connectivity index (χ1v) is 9.45. The van der Waals surface area contributed by atoms with Crippen molar-refractivity contribution >= 4 is 35.0 Å². The Morgan fingerprint density at radius 2 is 1.88 bits per heavy atom. The van der Waals surface area contributed by atoms with Crippen LogP contribution in [0.3, 0.4) is 0 Å². The van der Waals surface area contributed by atoms with Gasteiger partial charge in [-0.2, -0.15) is 0 Å². The molecule has 5 nitrogen and oxygen atoms in total. The van der Waals surface area contributed by atoms with E-state index in [-0.39, 0.29) is 5.91 Å². The lowest BCUT2D eigenvalue weighted by molar-refractivity contribution is 0.102. The molecule has 1 heterocycles. The predicted molar refractivity (Wildman–Crippen MR) is 106 cm³/mol. The average molecular weight is 387 g/mol. The molecule has 0 saturated heterocycles. The van der Waals surface area contributed by atoms with Crippen LogP contribution >= 0.6 is 23.4 Å². The van der Waals surface area contributed by atoms with Crippen LogP contribution in [-0.2, 0) is 12.8 Å². The molecule has 1 amide bonds. The fraction of sp³-hybridized carbons (Fsp3) is 0.211. The quantitative estimate of drug-likeness (QED) is 0.649. The minimum Gasteiger partial charge on any atom is -0.322 e. The Kier molecular flexibility index (Phi) is 5.64. The Hall–Kier alpha value is -2.31. The number of nitrogens with one attached hydrogen (secondary N) is 1. The Balaban J connectivity index is 1.62. The summed E-state index contributed by atoms with van der Waals surface area (Å²) in [6.45, 7) is 3.83. The van der Waals surface area contributed by atoms with Gasteiger partial charge in [0.1, 0.15) is 5.82 Å². The van der Waals surface area contributed by atoms with E-state index in [0.717, 1.165) is 33.5 Å². The molecule has 2 aromatic carbocycles. The van der Waals surface area contributed by atoms with Crippen molar-refractivity contribution < 1.29 is 4.79 Å². The minimum absolute atomic E-state index is 0.144. The van der Waals surface area contributed by atoms with Gasteiger partial charge in [0.25, 0.3) is 5.91 Å². The molecule has 26 heavy (non-hydrogen) atoms. The molecular formula is C19H19ClN4OS. The summed E-state index contributed by atoms with van der Waals surface area (Å²) in [4.78, 5) is 12.4. The van der Waals surface area contributed by atoms with Crippen molar-refractivity contribution in [1.82, 2.24) is 14.8 Å². The minimum atomic E-state index is -0.144. The molecule has 1 aromatic heterocycles. The zero-order valence-electron chi connectivity index (χ0n) is 14.8. The highest BCUT2D eigenvalue weighted by molar-refractivity contribution is 7.98. The Morgan fingerprint density at radius 1 is 1.15 bits per heavy atom. The number of amides is 1. The van der Waals surface area contributed by atoms with Gasteiger partial charge in [-0.05, 0) is 55.3 Å². The van der Waals surface area contributed by atoms with Crippen LogP contribution in [0.4, 0.5) is 5.69 Å². The van der Waals surface area contributed by atoms with E-state index in [4.69, 9.17) is 11.6 Å². The number of carbonyl (C=O) groups is 1. The highest BCUT2D eigenvalue weighted by atomic mass is 35.5. The predicted octanol–water partition coefficient (Wildman–Crippen LogP) is 4.63. The summed E-state index contributed by atoms with van der Waals surface area (Å²) in [7, 11) is 1.95. The van der Waals surface area contributed by atoms with Crippen LogP contribution in [0.2, 0.25) is 5.02 Å². The second-order valence-corrected chi connectivity index (χ2v) is 7.34. The largest absolute Gasteiger partial charge is 0.322 e. The van der Waals surface area contributed by atoms with E-state index in [1.54, 1.807) is 23.9 Å². The zero-order chi connectivity index (χ0) is 18.7. The highest BCUT2D eigenvalue weighted by Gasteiger charge is 2.09. The van der Waals surface area contributed by atoms with Gasteiger partial charge < -0.3 is 9.88 Å². The SMILES string of the molecule is Cc1cc(NC(=O)c2ccc(CSc3nnc(C)n3C)cc2)ccc1Cl. The molecule has 7 heteroatoms. The van der Waals surface area contributed by atoms with Gasteiger partial charge in [-0.15, -0.1) is 10.2 Å². The molecule has 0 aliphatic heterocycles. The zero-order valence-corrected chi connectivity index (χ0v) is 16.4. The van der Waals surface area contributed by atoms with E-state index in [0.29, 0.717) is 10.6 Å². The molecule has 134 valence electrons. The fourth-order valence-electron chi connectivity index (χ4n) is 2.34. The van der Waals surface area contributed by atoms with Crippen molar-refractivity contribution in [1.29, 1.82) is 0 Å². The summed E-state index contributed by atoms with van der Waals surface area (Å²) >= 11 is 7.63. The summed E-state index contributed by atoms with van der Waals surface area (Å²) in [6, 6.07) is 13.0. The molecule has 3 rings (SSSR count). The number of rotatable bonds is 5. The van der Waals surface area contributed by atoms with E-state index < -0.39 is 0 Å². The van der Waals surface area contributed by atoms with Gasteiger partial charge in [-0.25, -0.2) is 0 Å². The summed E-state index contributed by atoms with van der Waals surface area (Å²) in [5.41, 5.74) is 3.39. The van der Waals surface area contributed by atoms with Gasteiger partial charge >= 0.3 is 0 Å². The van der Waals surface area contributed by atoms with Crippen LogP contribution in [0.5, 0.6) is 0 Å². The lowest BCUT2D eigenvalue weighted by Gasteiger charge is -2.08. The van der Waals surface area contributed by atoms with Gasteiger partial charge in [0.15, 0.2) is 5.16 Å². The number of hydrogen-bond donors (Lipinski definition) is 1. The van der Waals surface area contributed by atoms with Crippen molar-refractivity contribution in [3.63, 3.8) is 0 Å². The summed E-state index contributed by atoms with van der Waals surface area (Å²) in [5.74, 6) is 1.51. The number of halogens is 1. The topological polar surface area (TPSA) is 59.8 Å². The maximum absolute atomic E-state index is 12.4. The maximum Gasteiger partial charge on any atom is 0.255 e.